The molecule has 2 N–H and O–H groups in total. The van der Waals surface area contributed by atoms with E-state index in [9.17, 15) is 9.18 Å². The molecule has 106 valence electrons. The highest BCUT2D eigenvalue weighted by atomic mass is 19.1. The SMILES string of the molecule is CCN(CC)C(=O)CN(C)c1c(F)cccc1CN. The van der Waals surface area contributed by atoms with Crippen molar-refractivity contribution in [3.63, 3.8) is 0 Å². The average Bonchev–Trinajstić information content (AvgIpc) is 2.39. The van der Waals surface area contributed by atoms with Gasteiger partial charge in [-0.3, -0.25) is 4.79 Å². The van der Waals surface area contributed by atoms with Gasteiger partial charge in [-0.15, -0.1) is 0 Å². The summed E-state index contributed by atoms with van der Waals surface area (Å²) in [7, 11) is 1.71. The molecule has 0 aliphatic rings. The highest BCUT2D eigenvalue weighted by Crippen LogP contribution is 2.23. The van der Waals surface area contributed by atoms with Crippen LogP contribution in [0.1, 0.15) is 19.4 Å². The van der Waals surface area contributed by atoms with Crippen LogP contribution in [0, 0.1) is 5.82 Å². The molecular formula is C14H22FN3O. The van der Waals surface area contributed by atoms with E-state index in [4.69, 9.17) is 5.73 Å². The van der Waals surface area contributed by atoms with Crippen LogP contribution in [-0.4, -0.2) is 37.5 Å². The van der Waals surface area contributed by atoms with Gasteiger partial charge in [0.15, 0.2) is 0 Å². The number of para-hydroxylation sites is 1. The van der Waals surface area contributed by atoms with Crippen LogP contribution in [0.5, 0.6) is 0 Å². The van der Waals surface area contributed by atoms with Crippen LogP contribution >= 0.6 is 0 Å². The molecule has 1 amide bonds. The molecule has 0 bridgehead atoms. The van der Waals surface area contributed by atoms with Crippen LogP contribution in [0.15, 0.2) is 18.2 Å². The van der Waals surface area contributed by atoms with E-state index < -0.39 is 0 Å². The molecule has 0 fully saturated rings. The summed E-state index contributed by atoms with van der Waals surface area (Å²) < 4.78 is 13.9. The normalized spacial score (nSPS) is 10.4. The zero-order valence-electron chi connectivity index (χ0n) is 11.8. The van der Waals surface area contributed by atoms with Gasteiger partial charge < -0.3 is 15.5 Å². The number of carbonyl (C=O) groups excluding carboxylic acids is 1. The topological polar surface area (TPSA) is 49.6 Å². The maximum absolute atomic E-state index is 13.9. The van der Waals surface area contributed by atoms with Crippen molar-refractivity contribution in [2.75, 3.05) is 31.6 Å². The minimum atomic E-state index is -0.349. The first kappa shape index (κ1) is 15.4. The molecule has 0 unspecified atom stereocenters. The molecular weight excluding hydrogens is 245 g/mol. The summed E-state index contributed by atoms with van der Waals surface area (Å²) in [6, 6.07) is 4.78. The second kappa shape index (κ2) is 7.09. The maximum atomic E-state index is 13.9. The lowest BCUT2D eigenvalue weighted by Crippen LogP contribution is -2.39. The molecule has 19 heavy (non-hydrogen) atoms. The third kappa shape index (κ3) is 3.67. The van der Waals surface area contributed by atoms with Gasteiger partial charge in [0, 0.05) is 26.7 Å². The van der Waals surface area contributed by atoms with E-state index in [2.05, 4.69) is 0 Å². The Kier molecular flexibility index (Phi) is 5.76. The van der Waals surface area contributed by atoms with Gasteiger partial charge in [0.25, 0.3) is 0 Å². The molecule has 0 atom stereocenters. The van der Waals surface area contributed by atoms with E-state index in [1.807, 2.05) is 13.8 Å². The fourth-order valence-electron chi connectivity index (χ4n) is 2.11. The molecule has 0 aromatic heterocycles. The van der Waals surface area contributed by atoms with Gasteiger partial charge in [0.1, 0.15) is 5.82 Å². The average molecular weight is 267 g/mol. The Morgan fingerprint density at radius 2 is 1.95 bits per heavy atom. The first-order chi connectivity index (χ1) is 9.04. The van der Waals surface area contributed by atoms with Crippen molar-refractivity contribution in [3.05, 3.63) is 29.6 Å². The van der Waals surface area contributed by atoms with Crippen LogP contribution in [0.2, 0.25) is 0 Å². The summed E-state index contributed by atoms with van der Waals surface area (Å²) in [5.74, 6) is -0.364. The molecule has 0 saturated heterocycles. The van der Waals surface area contributed by atoms with E-state index in [-0.39, 0.29) is 24.8 Å². The van der Waals surface area contributed by atoms with Gasteiger partial charge in [-0.05, 0) is 25.5 Å². The van der Waals surface area contributed by atoms with Crippen molar-refractivity contribution in [2.24, 2.45) is 5.73 Å². The van der Waals surface area contributed by atoms with Crippen LogP contribution < -0.4 is 10.6 Å². The number of nitrogens with two attached hydrogens (primary N) is 1. The number of amides is 1. The summed E-state index contributed by atoms with van der Waals surface area (Å²) in [6.07, 6.45) is 0. The molecule has 0 heterocycles. The second-order valence-electron chi connectivity index (χ2n) is 4.37. The van der Waals surface area contributed by atoms with Crippen molar-refractivity contribution in [1.82, 2.24) is 4.90 Å². The van der Waals surface area contributed by atoms with Crippen LogP contribution in [0.4, 0.5) is 10.1 Å². The number of nitrogens with zero attached hydrogens (tertiary/aromatic N) is 2. The minimum absolute atomic E-state index is 0.0151. The van der Waals surface area contributed by atoms with E-state index >= 15 is 0 Å². The Morgan fingerprint density at radius 1 is 1.32 bits per heavy atom. The number of likely N-dealkylation sites (N-methyl/N-ethyl adjacent to an activating group) is 2. The molecule has 1 aromatic rings. The molecule has 0 saturated carbocycles. The first-order valence-electron chi connectivity index (χ1n) is 6.51. The van der Waals surface area contributed by atoms with E-state index in [1.54, 1.807) is 29.0 Å². The quantitative estimate of drug-likeness (QED) is 0.851. The van der Waals surface area contributed by atoms with Crippen molar-refractivity contribution < 1.29 is 9.18 Å². The molecule has 0 aliphatic carbocycles. The molecule has 5 heteroatoms. The Balaban J connectivity index is 2.89. The monoisotopic (exact) mass is 267 g/mol. The summed E-state index contributed by atoms with van der Waals surface area (Å²) in [6.45, 7) is 5.56. The molecule has 0 radical (unpaired) electrons. The lowest BCUT2D eigenvalue weighted by atomic mass is 10.1. The standard InChI is InChI=1S/C14H22FN3O/c1-4-18(5-2)13(19)10-17(3)14-11(9-16)7-6-8-12(14)15/h6-8H,4-5,9-10,16H2,1-3H3. The van der Waals surface area contributed by atoms with Crippen molar-refractivity contribution in [2.45, 2.75) is 20.4 Å². The van der Waals surface area contributed by atoms with E-state index in [0.717, 1.165) is 0 Å². The third-order valence-corrected chi connectivity index (χ3v) is 3.16. The van der Waals surface area contributed by atoms with Gasteiger partial charge >= 0.3 is 0 Å². The molecule has 0 spiro atoms. The Hall–Kier alpha value is -1.62. The Bertz CT molecular complexity index is 433. The van der Waals surface area contributed by atoms with E-state index in [0.29, 0.717) is 24.3 Å². The van der Waals surface area contributed by atoms with Gasteiger partial charge in [0.2, 0.25) is 5.91 Å². The van der Waals surface area contributed by atoms with Gasteiger partial charge in [0.05, 0.1) is 12.2 Å². The van der Waals surface area contributed by atoms with E-state index in [1.165, 1.54) is 6.07 Å². The van der Waals surface area contributed by atoms with Crippen LogP contribution in [-0.2, 0) is 11.3 Å². The predicted octanol–water partition coefficient (Wildman–Crippen LogP) is 1.59. The maximum Gasteiger partial charge on any atom is 0.242 e. The van der Waals surface area contributed by atoms with Crippen molar-refractivity contribution >= 4 is 11.6 Å². The fourth-order valence-corrected chi connectivity index (χ4v) is 2.11. The van der Waals surface area contributed by atoms with Gasteiger partial charge in [-0.2, -0.15) is 0 Å². The first-order valence-corrected chi connectivity index (χ1v) is 6.51. The fraction of sp³-hybridized carbons (Fsp3) is 0.500. The number of rotatable bonds is 6. The Morgan fingerprint density at radius 3 is 2.47 bits per heavy atom. The summed E-state index contributed by atoms with van der Waals surface area (Å²) in [4.78, 5) is 15.4. The molecule has 1 aromatic carbocycles. The van der Waals surface area contributed by atoms with Crippen molar-refractivity contribution in [3.8, 4) is 0 Å². The highest BCUT2D eigenvalue weighted by Gasteiger charge is 2.17. The second-order valence-corrected chi connectivity index (χ2v) is 4.37. The zero-order valence-corrected chi connectivity index (χ0v) is 11.8. The van der Waals surface area contributed by atoms with Crippen molar-refractivity contribution in [1.29, 1.82) is 0 Å². The number of carbonyl (C=O) groups is 1. The number of hydrogen-bond acceptors (Lipinski definition) is 3. The number of benzene rings is 1. The molecule has 0 aliphatic heterocycles. The van der Waals surface area contributed by atoms with Crippen LogP contribution in [0.3, 0.4) is 0 Å². The summed E-state index contributed by atoms with van der Waals surface area (Å²) in [5.41, 5.74) is 6.72. The summed E-state index contributed by atoms with van der Waals surface area (Å²) in [5, 5.41) is 0. The van der Waals surface area contributed by atoms with Gasteiger partial charge in [-0.25, -0.2) is 4.39 Å². The smallest absolute Gasteiger partial charge is 0.242 e. The lowest BCUT2D eigenvalue weighted by Gasteiger charge is -2.26. The van der Waals surface area contributed by atoms with Crippen LogP contribution in [0.25, 0.3) is 0 Å². The Labute approximate surface area is 114 Å². The highest BCUT2D eigenvalue weighted by molar-refractivity contribution is 5.81. The number of halogens is 1. The van der Waals surface area contributed by atoms with Gasteiger partial charge in [-0.1, -0.05) is 12.1 Å². The predicted molar refractivity (Wildman–Crippen MR) is 75.5 cm³/mol. The lowest BCUT2D eigenvalue weighted by molar-refractivity contribution is -0.129. The molecule has 1 rings (SSSR count). The zero-order chi connectivity index (χ0) is 14.4. The molecule has 4 nitrogen and oxygen atoms in total. The number of hydrogen-bond donors (Lipinski definition) is 1. The third-order valence-electron chi connectivity index (χ3n) is 3.16. The summed E-state index contributed by atoms with van der Waals surface area (Å²) >= 11 is 0. The largest absolute Gasteiger partial charge is 0.363 e. The minimum Gasteiger partial charge on any atom is -0.363 e. The number of anilines is 1.